The second kappa shape index (κ2) is 6.74. The van der Waals surface area contributed by atoms with E-state index in [0.29, 0.717) is 24.7 Å². The minimum atomic E-state index is -0.271. The quantitative estimate of drug-likeness (QED) is 0.819. The molecule has 0 bridgehead atoms. The molecule has 3 heterocycles. The molecule has 2 fully saturated rings. The van der Waals surface area contributed by atoms with E-state index in [2.05, 4.69) is 9.88 Å². The Bertz CT molecular complexity index is 584. The lowest BCUT2D eigenvalue weighted by molar-refractivity contribution is -0.143. The first-order chi connectivity index (χ1) is 11.1. The first kappa shape index (κ1) is 16.1. The summed E-state index contributed by atoms with van der Waals surface area (Å²) in [5.74, 6) is 0.957. The molecule has 0 N–H and O–H groups in total. The maximum atomic E-state index is 12.7. The zero-order valence-electron chi connectivity index (χ0n) is 13.2. The van der Waals surface area contributed by atoms with Crippen molar-refractivity contribution in [2.45, 2.75) is 25.8 Å². The molecule has 1 aromatic heterocycles. The molecule has 2 aliphatic rings. The van der Waals surface area contributed by atoms with E-state index in [4.69, 9.17) is 11.6 Å². The van der Waals surface area contributed by atoms with Gasteiger partial charge in [-0.05, 0) is 25.0 Å². The minimum Gasteiger partial charge on any atom is -0.353 e. The Balaban J connectivity index is 1.59. The molecule has 2 aliphatic heterocycles. The molecule has 0 unspecified atom stereocenters. The average Bonchev–Trinajstić information content (AvgIpc) is 3.05. The molecule has 6 nitrogen and oxygen atoms in total. The van der Waals surface area contributed by atoms with Crippen molar-refractivity contribution < 1.29 is 9.59 Å². The Hall–Kier alpha value is -1.82. The van der Waals surface area contributed by atoms with Crippen LogP contribution in [-0.4, -0.2) is 65.4 Å². The van der Waals surface area contributed by atoms with Crippen molar-refractivity contribution in [3.05, 3.63) is 23.4 Å². The van der Waals surface area contributed by atoms with Gasteiger partial charge in [0, 0.05) is 45.8 Å². The number of halogens is 1. The third-order valence-corrected chi connectivity index (χ3v) is 4.79. The lowest BCUT2D eigenvalue weighted by atomic mass is 10.1. The van der Waals surface area contributed by atoms with Crippen molar-refractivity contribution in [3.63, 3.8) is 0 Å². The average molecular weight is 337 g/mol. The van der Waals surface area contributed by atoms with Crippen molar-refractivity contribution in [1.29, 1.82) is 0 Å². The van der Waals surface area contributed by atoms with Crippen LogP contribution < -0.4 is 4.90 Å². The van der Waals surface area contributed by atoms with Gasteiger partial charge in [0.15, 0.2) is 0 Å². The minimum absolute atomic E-state index is 0.00940. The van der Waals surface area contributed by atoms with Gasteiger partial charge in [-0.1, -0.05) is 11.6 Å². The number of aromatic nitrogens is 1. The van der Waals surface area contributed by atoms with E-state index in [1.807, 2.05) is 17.0 Å². The van der Waals surface area contributed by atoms with Crippen LogP contribution in [0.5, 0.6) is 0 Å². The number of anilines is 1. The highest BCUT2D eigenvalue weighted by atomic mass is 35.5. The SMILES string of the molecule is CC(=O)N1CCC[C@H]1C(=O)N1CCN(c2ccc(Cl)cn2)CC1. The van der Waals surface area contributed by atoms with Crippen molar-refractivity contribution in [2.75, 3.05) is 37.6 Å². The van der Waals surface area contributed by atoms with Crippen LogP contribution in [0.4, 0.5) is 5.82 Å². The largest absolute Gasteiger partial charge is 0.353 e. The van der Waals surface area contributed by atoms with Gasteiger partial charge in [0.25, 0.3) is 0 Å². The predicted molar refractivity (Wildman–Crippen MR) is 88.4 cm³/mol. The number of amides is 2. The Labute approximate surface area is 141 Å². The summed E-state index contributed by atoms with van der Waals surface area (Å²) in [6.45, 7) is 5.03. The molecule has 0 aromatic carbocycles. The van der Waals surface area contributed by atoms with E-state index >= 15 is 0 Å². The molecule has 1 aromatic rings. The van der Waals surface area contributed by atoms with Crippen LogP contribution in [0.25, 0.3) is 0 Å². The summed E-state index contributed by atoms with van der Waals surface area (Å²) in [5, 5.41) is 0.619. The van der Waals surface area contributed by atoms with Gasteiger partial charge < -0.3 is 14.7 Å². The standard InChI is InChI=1S/C16H21ClN4O2/c1-12(22)21-6-2-3-14(21)16(23)20-9-7-19(8-10-20)15-5-4-13(17)11-18-15/h4-5,11,14H,2-3,6-10H2,1H3/t14-/m0/s1. The summed E-state index contributed by atoms with van der Waals surface area (Å²) in [5.41, 5.74) is 0. The maximum absolute atomic E-state index is 12.7. The summed E-state index contributed by atoms with van der Waals surface area (Å²) >= 11 is 5.86. The smallest absolute Gasteiger partial charge is 0.245 e. The molecule has 2 amide bonds. The fraction of sp³-hybridized carbons (Fsp3) is 0.562. The molecular formula is C16H21ClN4O2. The van der Waals surface area contributed by atoms with Gasteiger partial charge in [0.05, 0.1) is 5.02 Å². The summed E-state index contributed by atoms with van der Waals surface area (Å²) in [6.07, 6.45) is 3.32. The number of hydrogen-bond donors (Lipinski definition) is 0. The molecule has 0 aliphatic carbocycles. The summed E-state index contributed by atoms with van der Waals surface area (Å²) in [6, 6.07) is 3.45. The van der Waals surface area contributed by atoms with E-state index in [-0.39, 0.29) is 17.9 Å². The highest BCUT2D eigenvalue weighted by Gasteiger charge is 2.36. The van der Waals surface area contributed by atoms with Crippen molar-refractivity contribution in [1.82, 2.24) is 14.8 Å². The van der Waals surface area contributed by atoms with Crippen LogP contribution in [-0.2, 0) is 9.59 Å². The molecular weight excluding hydrogens is 316 g/mol. The van der Waals surface area contributed by atoms with Crippen molar-refractivity contribution in [2.24, 2.45) is 0 Å². The number of rotatable bonds is 2. The summed E-state index contributed by atoms with van der Waals surface area (Å²) < 4.78 is 0. The van der Waals surface area contributed by atoms with Gasteiger partial charge in [0.2, 0.25) is 11.8 Å². The van der Waals surface area contributed by atoms with Gasteiger partial charge in [-0.15, -0.1) is 0 Å². The number of carbonyl (C=O) groups excluding carboxylic acids is 2. The summed E-state index contributed by atoms with van der Waals surface area (Å²) in [7, 11) is 0. The fourth-order valence-electron chi connectivity index (χ4n) is 3.32. The molecule has 7 heteroatoms. The topological polar surface area (TPSA) is 56.8 Å². The number of carbonyl (C=O) groups is 2. The zero-order chi connectivity index (χ0) is 16.4. The Morgan fingerprint density at radius 1 is 1.17 bits per heavy atom. The third-order valence-electron chi connectivity index (χ3n) is 4.57. The van der Waals surface area contributed by atoms with Gasteiger partial charge in [0.1, 0.15) is 11.9 Å². The number of piperazine rings is 1. The molecule has 3 rings (SSSR count). The lowest BCUT2D eigenvalue weighted by Crippen LogP contribution is -2.54. The van der Waals surface area contributed by atoms with Crippen LogP contribution in [0.15, 0.2) is 18.3 Å². The zero-order valence-corrected chi connectivity index (χ0v) is 14.0. The van der Waals surface area contributed by atoms with Crippen LogP contribution in [0.2, 0.25) is 5.02 Å². The highest BCUT2D eigenvalue weighted by molar-refractivity contribution is 6.30. The number of nitrogens with zero attached hydrogens (tertiary/aromatic N) is 4. The number of hydrogen-bond acceptors (Lipinski definition) is 4. The maximum Gasteiger partial charge on any atom is 0.245 e. The van der Waals surface area contributed by atoms with Crippen LogP contribution in [0.3, 0.4) is 0 Å². The molecule has 2 saturated heterocycles. The fourth-order valence-corrected chi connectivity index (χ4v) is 3.43. The normalized spacial score (nSPS) is 21.7. The van der Waals surface area contributed by atoms with E-state index in [9.17, 15) is 9.59 Å². The van der Waals surface area contributed by atoms with E-state index in [0.717, 1.165) is 31.7 Å². The van der Waals surface area contributed by atoms with Crippen LogP contribution in [0, 0.1) is 0 Å². The Morgan fingerprint density at radius 2 is 1.91 bits per heavy atom. The Morgan fingerprint density at radius 3 is 2.52 bits per heavy atom. The van der Waals surface area contributed by atoms with Gasteiger partial charge in [-0.3, -0.25) is 9.59 Å². The molecule has 124 valence electrons. The first-order valence-electron chi connectivity index (χ1n) is 7.99. The lowest BCUT2D eigenvalue weighted by Gasteiger charge is -2.37. The summed E-state index contributed by atoms with van der Waals surface area (Å²) in [4.78, 5) is 34.4. The molecule has 0 spiro atoms. The molecule has 0 radical (unpaired) electrons. The number of pyridine rings is 1. The molecule has 23 heavy (non-hydrogen) atoms. The van der Waals surface area contributed by atoms with Crippen LogP contribution >= 0.6 is 11.6 Å². The predicted octanol–water partition coefficient (Wildman–Crippen LogP) is 1.39. The molecule has 1 atom stereocenters. The van der Waals surface area contributed by atoms with Gasteiger partial charge >= 0.3 is 0 Å². The first-order valence-corrected chi connectivity index (χ1v) is 8.36. The van der Waals surface area contributed by atoms with Gasteiger partial charge in [-0.25, -0.2) is 4.98 Å². The third kappa shape index (κ3) is 3.42. The van der Waals surface area contributed by atoms with E-state index in [1.165, 1.54) is 6.92 Å². The Kier molecular flexibility index (Phi) is 4.71. The van der Waals surface area contributed by atoms with E-state index in [1.54, 1.807) is 11.1 Å². The van der Waals surface area contributed by atoms with Crippen molar-refractivity contribution >= 4 is 29.2 Å². The van der Waals surface area contributed by atoms with Crippen molar-refractivity contribution in [3.8, 4) is 0 Å². The monoisotopic (exact) mass is 336 g/mol. The second-order valence-electron chi connectivity index (χ2n) is 6.02. The highest BCUT2D eigenvalue weighted by Crippen LogP contribution is 2.21. The van der Waals surface area contributed by atoms with E-state index < -0.39 is 0 Å². The molecule has 0 saturated carbocycles. The second-order valence-corrected chi connectivity index (χ2v) is 6.45. The van der Waals surface area contributed by atoms with Gasteiger partial charge in [-0.2, -0.15) is 0 Å². The number of likely N-dealkylation sites (tertiary alicyclic amines) is 1. The van der Waals surface area contributed by atoms with Crippen LogP contribution in [0.1, 0.15) is 19.8 Å².